The van der Waals surface area contributed by atoms with Crippen LogP contribution in [0.1, 0.15) is 12.0 Å². The van der Waals surface area contributed by atoms with E-state index < -0.39 is 0 Å². The number of aromatic nitrogens is 2. The third-order valence-electron chi connectivity index (χ3n) is 3.32. The molecule has 1 aromatic carbocycles. The van der Waals surface area contributed by atoms with Crippen LogP contribution in [0.25, 0.3) is 5.52 Å². The highest BCUT2D eigenvalue weighted by Gasteiger charge is 2.06. The van der Waals surface area contributed by atoms with E-state index in [1.807, 2.05) is 47.1 Å². The molecular formula is C17H17N3OS. The van der Waals surface area contributed by atoms with Gasteiger partial charge >= 0.3 is 0 Å². The Morgan fingerprint density at radius 3 is 2.82 bits per heavy atom. The lowest BCUT2D eigenvalue weighted by atomic mass is 10.2. The second-order valence-electron chi connectivity index (χ2n) is 4.89. The molecule has 3 rings (SSSR count). The van der Waals surface area contributed by atoms with Gasteiger partial charge in [0.2, 0.25) is 5.91 Å². The van der Waals surface area contributed by atoms with Crippen LogP contribution in [-0.2, 0) is 11.3 Å². The number of fused-ring (bicyclic) bond motifs is 1. The molecule has 0 atom stereocenters. The molecular weight excluding hydrogens is 294 g/mol. The molecule has 1 amide bonds. The van der Waals surface area contributed by atoms with Crippen molar-refractivity contribution in [3.05, 3.63) is 66.5 Å². The molecule has 0 fully saturated rings. The van der Waals surface area contributed by atoms with Gasteiger partial charge in [0.05, 0.1) is 11.7 Å². The largest absolute Gasteiger partial charge is 0.352 e. The van der Waals surface area contributed by atoms with E-state index in [1.54, 1.807) is 18.0 Å². The lowest BCUT2D eigenvalue weighted by Gasteiger charge is -2.04. The van der Waals surface area contributed by atoms with E-state index in [0.29, 0.717) is 13.0 Å². The Morgan fingerprint density at radius 2 is 1.95 bits per heavy atom. The maximum absolute atomic E-state index is 11.9. The number of hydrogen-bond acceptors (Lipinski definition) is 3. The number of rotatable bonds is 6. The summed E-state index contributed by atoms with van der Waals surface area (Å²) in [6, 6.07) is 16.0. The van der Waals surface area contributed by atoms with Gasteiger partial charge in [-0.1, -0.05) is 24.3 Å². The van der Waals surface area contributed by atoms with Crippen LogP contribution in [-0.4, -0.2) is 21.3 Å². The number of thioether (sulfide) groups is 1. The predicted molar refractivity (Wildman–Crippen MR) is 88.8 cm³/mol. The van der Waals surface area contributed by atoms with Gasteiger partial charge in [0.1, 0.15) is 0 Å². The van der Waals surface area contributed by atoms with E-state index in [0.717, 1.165) is 16.8 Å². The minimum absolute atomic E-state index is 0.0683. The average molecular weight is 311 g/mol. The van der Waals surface area contributed by atoms with Crippen LogP contribution < -0.4 is 5.32 Å². The summed E-state index contributed by atoms with van der Waals surface area (Å²) in [5, 5.41) is 7.22. The highest BCUT2D eigenvalue weighted by molar-refractivity contribution is 7.99. The van der Waals surface area contributed by atoms with Crippen molar-refractivity contribution >= 4 is 23.2 Å². The van der Waals surface area contributed by atoms with E-state index in [4.69, 9.17) is 0 Å². The number of amides is 1. The fourth-order valence-electron chi connectivity index (χ4n) is 2.18. The van der Waals surface area contributed by atoms with Gasteiger partial charge in [-0.2, -0.15) is 5.10 Å². The number of benzene rings is 1. The molecule has 2 aromatic heterocycles. The third-order valence-corrected chi connectivity index (χ3v) is 4.34. The van der Waals surface area contributed by atoms with Crippen LogP contribution in [0.15, 0.2) is 65.8 Å². The van der Waals surface area contributed by atoms with Crippen molar-refractivity contribution < 1.29 is 4.79 Å². The van der Waals surface area contributed by atoms with Crippen molar-refractivity contribution in [2.75, 3.05) is 5.75 Å². The molecule has 4 nitrogen and oxygen atoms in total. The Kier molecular flexibility index (Phi) is 4.75. The molecule has 2 heterocycles. The third kappa shape index (κ3) is 3.68. The Hall–Kier alpha value is -2.27. The van der Waals surface area contributed by atoms with Gasteiger partial charge in [-0.3, -0.25) is 4.79 Å². The number of nitrogens with zero attached hydrogens (tertiary/aromatic N) is 2. The Labute approximate surface area is 133 Å². The standard InChI is InChI=1S/C17H17N3OS/c21-17(9-11-22-15-6-2-1-3-7-15)18-12-14-13-19-20-10-5-4-8-16(14)20/h1-8,10,13H,9,11-12H2,(H,18,21). The van der Waals surface area contributed by atoms with E-state index in [9.17, 15) is 4.79 Å². The fourth-order valence-corrected chi connectivity index (χ4v) is 3.06. The minimum Gasteiger partial charge on any atom is -0.352 e. The number of hydrogen-bond donors (Lipinski definition) is 1. The lowest BCUT2D eigenvalue weighted by Crippen LogP contribution is -2.22. The maximum Gasteiger partial charge on any atom is 0.221 e. The van der Waals surface area contributed by atoms with E-state index in [1.165, 1.54) is 4.90 Å². The first kappa shape index (κ1) is 14.7. The molecule has 0 aliphatic heterocycles. The molecule has 22 heavy (non-hydrogen) atoms. The lowest BCUT2D eigenvalue weighted by molar-refractivity contribution is -0.120. The van der Waals surface area contributed by atoms with Crippen LogP contribution in [0.3, 0.4) is 0 Å². The molecule has 0 bridgehead atoms. The smallest absolute Gasteiger partial charge is 0.221 e. The molecule has 0 aliphatic carbocycles. The molecule has 1 N–H and O–H groups in total. The van der Waals surface area contributed by atoms with Crippen molar-refractivity contribution in [3.8, 4) is 0 Å². The minimum atomic E-state index is 0.0683. The number of nitrogens with one attached hydrogen (secondary N) is 1. The highest BCUT2D eigenvalue weighted by atomic mass is 32.2. The van der Waals surface area contributed by atoms with E-state index in [-0.39, 0.29) is 5.91 Å². The van der Waals surface area contributed by atoms with E-state index in [2.05, 4.69) is 22.5 Å². The maximum atomic E-state index is 11.9. The molecule has 0 unspecified atom stereocenters. The second-order valence-corrected chi connectivity index (χ2v) is 6.06. The molecule has 112 valence electrons. The number of carbonyl (C=O) groups is 1. The summed E-state index contributed by atoms with van der Waals surface area (Å²) < 4.78 is 1.81. The SMILES string of the molecule is O=C(CCSc1ccccc1)NCc1cnn2ccccc12. The van der Waals surface area contributed by atoms with Crippen molar-refractivity contribution in [1.29, 1.82) is 0 Å². The van der Waals surface area contributed by atoms with Crippen LogP contribution in [0.4, 0.5) is 0 Å². The van der Waals surface area contributed by atoms with Gasteiger partial charge < -0.3 is 5.32 Å². The van der Waals surface area contributed by atoms with Gasteiger partial charge in [-0.15, -0.1) is 11.8 Å². The summed E-state index contributed by atoms with van der Waals surface area (Å²) in [7, 11) is 0. The molecule has 0 aliphatic rings. The van der Waals surface area contributed by atoms with Crippen molar-refractivity contribution in [1.82, 2.24) is 14.9 Å². The molecule has 5 heteroatoms. The van der Waals surface area contributed by atoms with Crippen LogP contribution in [0.2, 0.25) is 0 Å². The first-order chi connectivity index (χ1) is 10.8. The van der Waals surface area contributed by atoms with Gasteiger partial charge in [0.25, 0.3) is 0 Å². The summed E-state index contributed by atoms with van der Waals surface area (Å²) in [6.07, 6.45) is 4.21. The zero-order chi connectivity index (χ0) is 15.2. The van der Waals surface area contributed by atoms with E-state index >= 15 is 0 Å². The molecule has 0 radical (unpaired) electrons. The van der Waals surface area contributed by atoms with Gasteiger partial charge in [0, 0.05) is 35.4 Å². The van der Waals surface area contributed by atoms with Gasteiger partial charge in [0.15, 0.2) is 0 Å². The zero-order valence-electron chi connectivity index (χ0n) is 12.1. The molecule has 0 saturated heterocycles. The van der Waals surface area contributed by atoms with Gasteiger partial charge in [-0.25, -0.2) is 4.52 Å². The average Bonchev–Trinajstić information content (AvgIpc) is 2.97. The molecule has 0 saturated carbocycles. The highest BCUT2D eigenvalue weighted by Crippen LogP contribution is 2.17. The Morgan fingerprint density at radius 1 is 1.14 bits per heavy atom. The summed E-state index contributed by atoms with van der Waals surface area (Å²) >= 11 is 1.70. The summed E-state index contributed by atoms with van der Waals surface area (Å²) in [5.74, 6) is 0.851. The van der Waals surface area contributed by atoms with Crippen LogP contribution >= 0.6 is 11.8 Å². The summed E-state index contributed by atoms with van der Waals surface area (Å²) in [4.78, 5) is 13.1. The van der Waals surface area contributed by atoms with Crippen LogP contribution in [0.5, 0.6) is 0 Å². The zero-order valence-corrected chi connectivity index (χ0v) is 12.9. The van der Waals surface area contributed by atoms with Crippen LogP contribution in [0, 0.1) is 0 Å². The number of carbonyl (C=O) groups excluding carboxylic acids is 1. The van der Waals surface area contributed by atoms with Crippen molar-refractivity contribution in [3.63, 3.8) is 0 Å². The summed E-state index contributed by atoms with van der Waals surface area (Å²) in [5.41, 5.74) is 2.06. The Balaban J connectivity index is 1.46. The van der Waals surface area contributed by atoms with Crippen molar-refractivity contribution in [2.45, 2.75) is 17.9 Å². The first-order valence-electron chi connectivity index (χ1n) is 7.19. The van der Waals surface area contributed by atoms with Crippen molar-refractivity contribution in [2.24, 2.45) is 0 Å². The monoisotopic (exact) mass is 311 g/mol. The molecule has 3 aromatic rings. The molecule has 0 spiro atoms. The normalized spacial score (nSPS) is 10.7. The first-order valence-corrected chi connectivity index (χ1v) is 8.17. The topological polar surface area (TPSA) is 46.4 Å². The Bertz CT molecular complexity index is 755. The predicted octanol–water partition coefficient (Wildman–Crippen LogP) is 3.13. The second kappa shape index (κ2) is 7.13. The van der Waals surface area contributed by atoms with Gasteiger partial charge in [-0.05, 0) is 24.3 Å². The fraction of sp³-hybridized carbons (Fsp3) is 0.176. The summed E-state index contributed by atoms with van der Waals surface area (Å²) in [6.45, 7) is 0.516. The number of pyridine rings is 1. The quantitative estimate of drug-likeness (QED) is 0.711.